The van der Waals surface area contributed by atoms with E-state index in [1.54, 1.807) is 6.92 Å². The average molecular weight is 207 g/mol. The molecule has 0 radical (unpaired) electrons. The van der Waals surface area contributed by atoms with Gasteiger partial charge in [-0.3, -0.25) is 0 Å². The Hall–Kier alpha value is -0.0900. The molecule has 0 bridgehead atoms. The van der Waals surface area contributed by atoms with Crippen molar-refractivity contribution >= 4 is 10.0 Å². The van der Waals surface area contributed by atoms with Crippen LogP contribution in [0.5, 0.6) is 0 Å². The highest BCUT2D eigenvalue weighted by molar-refractivity contribution is 7.89. The van der Waals surface area contributed by atoms with E-state index in [0.29, 0.717) is 6.42 Å². The summed E-state index contributed by atoms with van der Waals surface area (Å²) in [6.45, 7) is 3.84. The van der Waals surface area contributed by atoms with Gasteiger partial charge in [0, 0.05) is 0 Å². The molecule has 13 heavy (non-hydrogen) atoms. The lowest BCUT2D eigenvalue weighted by Gasteiger charge is -2.07. The molecule has 0 aromatic rings. The van der Waals surface area contributed by atoms with Crippen molar-refractivity contribution in [2.75, 3.05) is 0 Å². The van der Waals surface area contributed by atoms with Gasteiger partial charge in [-0.2, -0.15) is 0 Å². The van der Waals surface area contributed by atoms with E-state index in [0.717, 1.165) is 12.8 Å². The zero-order valence-corrected chi connectivity index (χ0v) is 9.44. The van der Waals surface area contributed by atoms with Crippen molar-refractivity contribution in [1.82, 2.24) is 0 Å². The topological polar surface area (TPSA) is 60.2 Å². The van der Waals surface area contributed by atoms with Crippen LogP contribution < -0.4 is 5.14 Å². The zero-order valence-electron chi connectivity index (χ0n) is 8.62. The molecule has 0 rings (SSSR count). The lowest BCUT2D eigenvalue weighted by atomic mass is 10.1. The molecule has 0 fully saturated rings. The quantitative estimate of drug-likeness (QED) is 0.649. The van der Waals surface area contributed by atoms with Crippen molar-refractivity contribution in [3.05, 3.63) is 0 Å². The molecular formula is C9H21NO2S. The molecule has 4 heteroatoms. The van der Waals surface area contributed by atoms with Crippen LogP contribution in [0.25, 0.3) is 0 Å². The number of hydrogen-bond acceptors (Lipinski definition) is 2. The second kappa shape index (κ2) is 6.38. The van der Waals surface area contributed by atoms with Crippen molar-refractivity contribution in [2.45, 2.75) is 57.6 Å². The number of hydrogen-bond donors (Lipinski definition) is 1. The van der Waals surface area contributed by atoms with Crippen LogP contribution >= 0.6 is 0 Å². The molecule has 80 valence electrons. The third-order valence-corrected chi connectivity index (χ3v) is 3.63. The predicted molar refractivity (Wildman–Crippen MR) is 55.9 cm³/mol. The number of unbranched alkanes of at least 4 members (excludes halogenated alkanes) is 4. The fourth-order valence-electron chi connectivity index (χ4n) is 1.20. The molecule has 0 aliphatic rings. The first-order valence-corrected chi connectivity index (χ1v) is 6.61. The summed E-state index contributed by atoms with van der Waals surface area (Å²) >= 11 is 0. The lowest BCUT2D eigenvalue weighted by molar-refractivity contribution is 0.560. The van der Waals surface area contributed by atoms with E-state index in [1.807, 2.05) is 0 Å². The van der Waals surface area contributed by atoms with E-state index in [-0.39, 0.29) is 5.25 Å². The van der Waals surface area contributed by atoms with Gasteiger partial charge in [0.05, 0.1) is 5.25 Å². The maximum absolute atomic E-state index is 10.8. The van der Waals surface area contributed by atoms with Crippen LogP contribution in [0.15, 0.2) is 0 Å². The molecular weight excluding hydrogens is 186 g/mol. The van der Waals surface area contributed by atoms with Crippen LogP contribution in [0.3, 0.4) is 0 Å². The second-order valence-electron chi connectivity index (χ2n) is 3.60. The Kier molecular flexibility index (Phi) is 6.33. The molecule has 0 saturated heterocycles. The Morgan fingerprint density at radius 3 is 2.15 bits per heavy atom. The maximum atomic E-state index is 10.8. The van der Waals surface area contributed by atoms with Crippen molar-refractivity contribution in [2.24, 2.45) is 5.14 Å². The molecule has 3 nitrogen and oxygen atoms in total. The van der Waals surface area contributed by atoms with Gasteiger partial charge in [0.25, 0.3) is 0 Å². The van der Waals surface area contributed by atoms with E-state index < -0.39 is 10.0 Å². The second-order valence-corrected chi connectivity index (χ2v) is 5.59. The minimum absolute atomic E-state index is 0.380. The van der Waals surface area contributed by atoms with Crippen LogP contribution in [0, 0.1) is 0 Å². The molecule has 0 spiro atoms. The molecule has 0 aliphatic heterocycles. The molecule has 0 aromatic heterocycles. The molecule has 2 N–H and O–H groups in total. The molecule has 0 aromatic carbocycles. The highest BCUT2D eigenvalue weighted by Gasteiger charge is 2.13. The summed E-state index contributed by atoms with van der Waals surface area (Å²) in [7, 11) is -3.30. The van der Waals surface area contributed by atoms with Gasteiger partial charge < -0.3 is 0 Å². The first-order valence-electron chi connectivity index (χ1n) is 5.00. The Labute approximate surface area is 81.8 Å². The van der Waals surface area contributed by atoms with E-state index in [2.05, 4.69) is 6.92 Å². The van der Waals surface area contributed by atoms with Gasteiger partial charge in [-0.15, -0.1) is 0 Å². The fourth-order valence-corrected chi connectivity index (χ4v) is 1.69. The Bertz CT molecular complexity index is 212. The summed E-state index contributed by atoms with van der Waals surface area (Å²) in [5.74, 6) is 0. The van der Waals surface area contributed by atoms with Crippen LogP contribution in [-0.4, -0.2) is 13.7 Å². The van der Waals surface area contributed by atoms with E-state index in [4.69, 9.17) is 5.14 Å². The molecule has 0 heterocycles. The average Bonchev–Trinajstić information content (AvgIpc) is 2.02. The van der Waals surface area contributed by atoms with Crippen molar-refractivity contribution in [1.29, 1.82) is 0 Å². The summed E-state index contributed by atoms with van der Waals surface area (Å²) < 4.78 is 21.7. The number of sulfonamides is 1. The number of primary sulfonamides is 1. The van der Waals surface area contributed by atoms with Gasteiger partial charge in [-0.25, -0.2) is 13.6 Å². The van der Waals surface area contributed by atoms with Crippen molar-refractivity contribution in [3.8, 4) is 0 Å². The third-order valence-electron chi connectivity index (χ3n) is 2.28. The highest BCUT2D eigenvalue weighted by Crippen LogP contribution is 2.10. The van der Waals surface area contributed by atoms with Gasteiger partial charge in [0.2, 0.25) is 10.0 Å². The Morgan fingerprint density at radius 1 is 1.15 bits per heavy atom. The summed E-state index contributed by atoms with van der Waals surface area (Å²) in [5, 5.41) is 4.61. The molecule has 1 unspecified atom stereocenters. The lowest BCUT2D eigenvalue weighted by Crippen LogP contribution is -2.25. The number of rotatable bonds is 7. The van der Waals surface area contributed by atoms with Crippen LogP contribution in [0.4, 0.5) is 0 Å². The predicted octanol–water partition coefficient (Wildman–Crippen LogP) is 2.02. The van der Waals surface area contributed by atoms with Gasteiger partial charge in [0.15, 0.2) is 0 Å². The first-order chi connectivity index (χ1) is 5.98. The van der Waals surface area contributed by atoms with Gasteiger partial charge >= 0.3 is 0 Å². The van der Waals surface area contributed by atoms with Crippen molar-refractivity contribution in [3.63, 3.8) is 0 Å². The first kappa shape index (κ1) is 12.9. The van der Waals surface area contributed by atoms with Crippen LogP contribution in [0.1, 0.15) is 52.4 Å². The molecule has 0 aliphatic carbocycles. The summed E-state index contributed by atoms with van der Waals surface area (Å²) in [4.78, 5) is 0. The standard InChI is InChI=1S/C9H21NO2S/c1-3-4-5-6-7-8-9(2)13(10,11)12/h9H,3-8H2,1-2H3,(H2,10,11,12). The van der Waals surface area contributed by atoms with Gasteiger partial charge in [-0.05, 0) is 13.3 Å². The van der Waals surface area contributed by atoms with Gasteiger partial charge in [-0.1, -0.05) is 39.0 Å². The monoisotopic (exact) mass is 207 g/mol. The maximum Gasteiger partial charge on any atom is 0.211 e. The van der Waals surface area contributed by atoms with Crippen LogP contribution in [0.2, 0.25) is 0 Å². The highest BCUT2D eigenvalue weighted by atomic mass is 32.2. The summed E-state index contributed by atoms with van der Waals surface area (Å²) in [6, 6.07) is 0. The molecule has 0 saturated carbocycles. The minimum Gasteiger partial charge on any atom is -0.228 e. The van der Waals surface area contributed by atoms with Crippen molar-refractivity contribution < 1.29 is 8.42 Å². The van der Waals surface area contributed by atoms with E-state index in [9.17, 15) is 8.42 Å². The normalized spacial score (nSPS) is 14.4. The van der Waals surface area contributed by atoms with E-state index in [1.165, 1.54) is 19.3 Å². The number of nitrogens with two attached hydrogens (primary N) is 1. The van der Waals surface area contributed by atoms with Crippen LogP contribution in [-0.2, 0) is 10.0 Å². The third kappa shape index (κ3) is 7.02. The molecule has 0 amide bonds. The van der Waals surface area contributed by atoms with E-state index >= 15 is 0 Å². The molecule has 1 atom stereocenters. The smallest absolute Gasteiger partial charge is 0.211 e. The largest absolute Gasteiger partial charge is 0.228 e. The zero-order chi connectivity index (χ0) is 10.3. The van der Waals surface area contributed by atoms with Gasteiger partial charge in [0.1, 0.15) is 0 Å². The Morgan fingerprint density at radius 2 is 1.69 bits per heavy atom. The summed E-state index contributed by atoms with van der Waals surface area (Å²) in [5.41, 5.74) is 0. The minimum atomic E-state index is -3.30. The fraction of sp³-hybridized carbons (Fsp3) is 1.00. The summed E-state index contributed by atoms with van der Waals surface area (Å²) in [6.07, 6.45) is 6.44. The SMILES string of the molecule is CCCCCCCC(C)S(N)(=O)=O. The Balaban J connectivity index is 3.44.